The fourth-order valence-electron chi connectivity index (χ4n) is 5.18. The molecule has 0 saturated carbocycles. The SMILES string of the molecule is Cc1cc(C)cc(N(c2ccc(-c3sc(/C=C(\C#N)C(=O)O)cc3-c3ccccc3)cc2)c2cc(C)cc(C)c2)c1. The Balaban J connectivity index is 1.63. The summed E-state index contributed by atoms with van der Waals surface area (Å²) in [5, 5.41) is 18.7. The molecule has 0 aliphatic rings. The monoisotopic (exact) mass is 554 g/mol. The molecule has 0 spiro atoms. The summed E-state index contributed by atoms with van der Waals surface area (Å²) in [7, 11) is 0. The van der Waals surface area contributed by atoms with Crippen LogP contribution in [-0.2, 0) is 4.79 Å². The molecule has 5 rings (SSSR count). The Morgan fingerprint density at radius 2 is 1.27 bits per heavy atom. The van der Waals surface area contributed by atoms with Gasteiger partial charge in [0.15, 0.2) is 0 Å². The third kappa shape index (κ3) is 6.14. The van der Waals surface area contributed by atoms with E-state index in [4.69, 9.17) is 0 Å². The molecule has 4 aromatic carbocycles. The van der Waals surface area contributed by atoms with Crippen molar-refractivity contribution in [2.75, 3.05) is 4.90 Å². The topological polar surface area (TPSA) is 64.3 Å². The first kappa shape index (κ1) is 27.6. The smallest absolute Gasteiger partial charge is 0.346 e. The van der Waals surface area contributed by atoms with Crippen molar-refractivity contribution in [2.45, 2.75) is 27.7 Å². The number of anilines is 3. The summed E-state index contributed by atoms with van der Waals surface area (Å²) in [5.41, 5.74) is 10.8. The summed E-state index contributed by atoms with van der Waals surface area (Å²) < 4.78 is 0. The van der Waals surface area contributed by atoms with Crippen molar-refractivity contribution < 1.29 is 9.90 Å². The zero-order valence-corrected chi connectivity index (χ0v) is 24.3. The molecular formula is C36H30N2O2S. The lowest BCUT2D eigenvalue weighted by molar-refractivity contribution is -0.132. The zero-order chi connectivity index (χ0) is 29.1. The molecule has 202 valence electrons. The van der Waals surface area contributed by atoms with Gasteiger partial charge in [-0.3, -0.25) is 0 Å². The van der Waals surface area contributed by atoms with Gasteiger partial charge in [0.25, 0.3) is 0 Å². The molecule has 0 bridgehead atoms. The number of thiophene rings is 1. The van der Waals surface area contributed by atoms with Gasteiger partial charge >= 0.3 is 5.97 Å². The third-order valence-corrected chi connectivity index (χ3v) is 7.92. The Kier molecular flexibility index (Phi) is 7.87. The zero-order valence-electron chi connectivity index (χ0n) is 23.5. The molecule has 0 radical (unpaired) electrons. The normalized spacial score (nSPS) is 11.2. The van der Waals surface area contributed by atoms with E-state index in [0.29, 0.717) is 4.88 Å². The van der Waals surface area contributed by atoms with E-state index in [2.05, 4.69) is 93.3 Å². The number of aryl methyl sites for hydroxylation is 4. The molecule has 0 amide bonds. The Hall–Kier alpha value is -4.92. The highest BCUT2D eigenvalue weighted by Crippen LogP contribution is 2.42. The second-order valence-electron chi connectivity index (χ2n) is 10.3. The van der Waals surface area contributed by atoms with Gasteiger partial charge in [0, 0.05) is 32.4 Å². The van der Waals surface area contributed by atoms with Crippen LogP contribution in [0, 0.1) is 39.0 Å². The predicted molar refractivity (Wildman–Crippen MR) is 170 cm³/mol. The Labute approximate surface area is 245 Å². The molecule has 1 aromatic heterocycles. The van der Waals surface area contributed by atoms with Gasteiger partial charge in [0.05, 0.1) is 0 Å². The lowest BCUT2D eigenvalue weighted by Gasteiger charge is -2.27. The Morgan fingerprint density at radius 1 is 0.732 bits per heavy atom. The van der Waals surface area contributed by atoms with Crippen LogP contribution < -0.4 is 4.90 Å². The maximum Gasteiger partial charge on any atom is 0.346 e. The lowest BCUT2D eigenvalue weighted by Crippen LogP contribution is -2.11. The van der Waals surface area contributed by atoms with Crippen LogP contribution in [0.5, 0.6) is 0 Å². The number of nitriles is 1. The molecule has 0 aliphatic carbocycles. The quantitative estimate of drug-likeness (QED) is 0.161. The molecule has 1 heterocycles. The van der Waals surface area contributed by atoms with Gasteiger partial charge in [0.2, 0.25) is 0 Å². The molecule has 41 heavy (non-hydrogen) atoms. The van der Waals surface area contributed by atoms with E-state index in [0.717, 1.165) is 38.6 Å². The van der Waals surface area contributed by atoms with Crippen molar-refractivity contribution in [1.82, 2.24) is 0 Å². The van der Waals surface area contributed by atoms with Crippen LogP contribution in [-0.4, -0.2) is 11.1 Å². The van der Waals surface area contributed by atoms with Gasteiger partial charge in [-0.05, 0) is 110 Å². The minimum atomic E-state index is -1.23. The van der Waals surface area contributed by atoms with E-state index in [-0.39, 0.29) is 5.57 Å². The van der Waals surface area contributed by atoms with Crippen molar-refractivity contribution in [3.05, 3.63) is 130 Å². The number of carboxylic acid groups (broad SMARTS) is 1. The molecule has 0 atom stereocenters. The van der Waals surface area contributed by atoms with Crippen molar-refractivity contribution in [3.8, 4) is 27.6 Å². The van der Waals surface area contributed by atoms with Crippen LogP contribution >= 0.6 is 11.3 Å². The predicted octanol–water partition coefficient (Wildman–Crippen LogP) is 9.78. The molecule has 4 nitrogen and oxygen atoms in total. The number of nitrogens with zero attached hydrogens (tertiary/aromatic N) is 2. The molecule has 5 heteroatoms. The highest BCUT2D eigenvalue weighted by Gasteiger charge is 2.17. The average Bonchev–Trinajstić information content (AvgIpc) is 3.35. The summed E-state index contributed by atoms with van der Waals surface area (Å²) in [6.07, 6.45) is 1.44. The second-order valence-corrected chi connectivity index (χ2v) is 11.4. The van der Waals surface area contributed by atoms with Crippen LogP contribution in [0.1, 0.15) is 27.1 Å². The number of hydrogen-bond donors (Lipinski definition) is 1. The van der Waals surface area contributed by atoms with E-state index < -0.39 is 5.97 Å². The summed E-state index contributed by atoms with van der Waals surface area (Å²) in [6, 6.07) is 35.5. The minimum absolute atomic E-state index is 0.287. The highest BCUT2D eigenvalue weighted by molar-refractivity contribution is 7.17. The first-order chi connectivity index (χ1) is 19.7. The second kappa shape index (κ2) is 11.7. The largest absolute Gasteiger partial charge is 0.477 e. The summed E-state index contributed by atoms with van der Waals surface area (Å²) in [6.45, 7) is 8.48. The van der Waals surface area contributed by atoms with Crippen LogP contribution in [0.3, 0.4) is 0 Å². The van der Waals surface area contributed by atoms with Gasteiger partial charge in [-0.25, -0.2) is 4.79 Å². The van der Waals surface area contributed by atoms with E-state index in [1.54, 1.807) is 6.07 Å². The number of hydrogen-bond acceptors (Lipinski definition) is 4. The molecule has 0 fully saturated rings. The molecular weight excluding hydrogens is 524 g/mol. The van der Waals surface area contributed by atoms with Crippen LogP contribution in [0.4, 0.5) is 17.1 Å². The number of carbonyl (C=O) groups is 1. The summed E-state index contributed by atoms with van der Waals surface area (Å²) >= 11 is 1.48. The average molecular weight is 555 g/mol. The molecule has 0 saturated heterocycles. The van der Waals surface area contributed by atoms with Crippen LogP contribution in [0.15, 0.2) is 103 Å². The van der Waals surface area contributed by atoms with E-state index >= 15 is 0 Å². The fourth-order valence-corrected chi connectivity index (χ4v) is 6.31. The first-order valence-electron chi connectivity index (χ1n) is 13.3. The standard InChI is InChI=1S/C36H30N2O2S/c1-23-14-24(2)17-31(16-23)38(32-18-25(3)15-26(4)19-32)30-12-10-28(11-13-30)35-34(27-8-6-5-7-9-27)21-33(41-35)20-29(22-37)36(39)40/h5-21H,1-4H3,(H,39,40)/b29-20+. The number of rotatable bonds is 7. The summed E-state index contributed by atoms with van der Waals surface area (Å²) in [5.74, 6) is -1.23. The Bertz CT molecular complexity index is 1720. The van der Waals surface area contributed by atoms with Gasteiger partial charge in [0.1, 0.15) is 11.6 Å². The minimum Gasteiger partial charge on any atom is -0.477 e. The van der Waals surface area contributed by atoms with Gasteiger partial charge in [-0.2, -0.15) is 5.26 Å². The van der Waals surface area contributed by atoms with Gasteiger partial charge < -0.3 is 10.0 Å². The molecule has 5 aromatic rings. The number of carboxylic acids is 1. The van der Waals surface area contributed by atoms with Crippen molar-refractivity contribution in [2.24, 2.45) is 0 Å². The molecule has 1 N–H and O–H groups in total. The van der Waals surface area contributed by atoms with E-state index in [1.165, 1.54) is 39.7 Å². The third-order valence-electron chi connectivity index (χ3n) is 6.79. The van der Waals surface area contributed by atoms with E-state index in [1.807, 2.05) is 36.4 Å². The van der Waals surface area contributed by atoms with Crippen molar-refractivity contribution in [3.63, 3.8) is 0 Å². The molecule has 0 aliphatic heterocycles. The Morgan fingerprint density at radius 3 is 1.76 bits per heavy atom. The number of benzene rings is 4. The van der Waals surface area contributed by atoms with Crippen molar-refractivity contribution in [1.29, 1.82) is 5.26 Å². The maximum atomic E-state index is 11.5. The fraction of sp³-hybridized carbons (Fsp3) is 0.111. The van der Waals surface area contributed by atoms with Crippen molar-refractivity contribution >= 4 is 40.4 Å². The molecule has 0 unspecified atom stereocenters. The summed E-state index contributed by atoms with van der Waals surface area (Å²) in [4.78, 5) is 15.5. The van der Waals surface area contributed by atoms with Gasteiger partial charge in [-0.1, -0.05) is 54.6 Å². The first-order valence-corrected chi connectivity index (χ1v) is 14.1. The van der Waals surface area contributed by atoms with Gasteiger partial charge in [-0.15, -0.1) is 11.3 Å². The maximum absolute atomic E-state index is 11.5. The number of aliphatic carboxylic acids is 1. The van der Waals surface area contributed by atoms with E-state index in [9.17, 15) is 15.2 Å². The lowest BCUT2D eigenvalue weighted by atomic mass is 10.0. The van der Waals surface area contributed by atoms with Crippen LogP contribution in [0.25, 0.3) is 27.6 Å². The highest BCUT2D eigenvalue weighted by atomic mass is 32.1. The van der Waals surface area contributed by atoms with Crippen LogP contribution in [0.2, 0.25) is 0 Å².